The predicted molar refractivity (Wildman–Crippen MR) is 87.1 cm³/mol. The number of fused-ring (bicyclic) bond motifs is 2. The molecule has 4 rings (SSSR count). The lowest BCUT2D eigenvalue weighted by Crippen LogP contribution is -2.35. The van der Waals surface area contributed by atoms with Gasteiger partial charge in [0.05, 0.1) is 0 Å². The van der Waals surface area contributed by atoms with E-state index in [2.05, 4.69) is 33.9 Å². The first-order chi connectivity index (χ1) is 11.1. The lowest BCUT2D eigenvalue weighted by molar-refractivity contribution is 0.253. The highest BCUT2D eigenvalue weighted by Gasteiger charge is 2.47. The predicted octanol–water partition coefficient (Wildman–Crippen LogP) is 1.46. The summed E-state index contributed by atoms with van der Waals surface area (Å²) in [6.45, 7) is 7.24. The largest absolute Gasteiger partial charge is 0.300 e. The molecule has 0 saturated carbocycles. The van der Waals surface area contributed by atoms with E-state index in [0.29, 0.717) is 11.7 Å². The highest BCUT2D eigenvalue weighted by molar-refractivity contribution is 5.56. The van der Waals surface area contributed by atoms with Crippen LogP contribution in [0.4, 0.5) is 0 Å². The molecule has 1 fully saturated rings. The molecular formula is C17H21N5O. The third-order valence-corrected chi connectivity index (χ3v) is 5.30. The second-order valence-electron chi connectivity index (χ2n) is 6.91. The highest BCUT2D eigenvalue weighted by atomic mass is 16.1. The molecule has 0 aromatic carbocycles. The number of likely N-dealkylation sites (tertiary alicyclic amines) is 1. The van der Waals surface area contributed by atoms with Gasteiger partial charge in [-0.05, 0) is 45.4 Å². The fraction of sp³-hybridized carbons (Fsp3) is 0.529. The van der Waals surface area contributed by atoms with Crippen LogP contribution in [-0.4, -0.2) is 43.8 Å². The number of hydrogen-bond acceptors (Lipinski definition) is 5. The summed E-state index contributed by atoms with van der Waals surface area (Å²) in [6, 6.07) is 4.14. The minimum Gasteiger partial charge on any atom is -0.300 e. The van der Waals surface area contributed by atoms with Crippen LogP contribution in [0.15, 0.2) is 29.3 Å². The highest BCUT2D eigenvalue weighted by Crippen LogP contribution is 2.41. The van der Waals surface area contributed by atoms with Crippen LogP contribution in [0.5, 0.6) is 0 Å². The van der Waals surface area contributed by atoms with Gasteiger partial charge in [-0.2, -0.15) is 0 Å². The van der Waals surface area contributed by atoms with E-state index in [-0.39, 0.29) is 11.0 Å². The van der Waals surface area contributed by atoms with Crippen LogP contribution in [0.2, 0.25) is 0 Å². The quantitative estimate of drug-likeness (QED) is 0.840. The third kappa shape index (κ3) is 2.20. The lowest BCUT2D eigenvalue weighted by Gasteiger charge is -2.25. The van der Waals surface area contributed by atoms with E-state index < -0.39 is 0 Å². The van der Waals surface area contributed by atoms with Gasteiger partial charge < -0.3 is 0 Å². The Kier molecular flexibility index (Phi) is 3.30. The molecule has 2 aromatic heterocycles. The maximum atomic E-state index is 12.8. The zero-order chi connectivity index (χ0) is 16.0. The smallest absolute Gasteiger partial charge is 0.280 e. The van der Waals surface area contributed by atoms with Gasteiger partial charge in [0.2, 0.25) is 0 Å². The van der Waals surface area contributed by atoms with Crippen molar-refractivity contribution in [3.63, 3.8) is 0 Å². The summed E-state index contributed by atoms with van der Waals surface area (Å²) < 4.78 is 1.84. The molecule has 0 amide bonds. The van der Waals surface area contributed by atoms with Gasteiger partial charge >= 0.3 is 0 Å². The second kappa shape index (κ2) is 5.23. The standard InChI is InChI=1S/C17H21N5O/c1-12(2)21-9-5-17(11-21)6-10-22-15(23)14(19-20-16(17)22)13-3-7-18-8-4-13/h3-4,7-8,12H,5-6,9-11H2,1-2H3/t17-/m1/s1. The van der Waals surface area contributed by atoms with Gasteiger partial charge in [0, 0.05) is 42.5 Å². The number of rotatable bonds is 2. The van der Waals surface area contributed by atoms with E-state index in [9.17, 15) is 4.79 Å². The Labute approximate surface area is 135 Å². The molecule has 0 unspecified atom stereocenters. The Hall–Kier alpha value is -2.08. The van der Waals surface area contributed by atoms with Crippen LogP contribution in [0.3, 0.4) is 0 Å². The van der Waals surface area contributed by atoms with E-state index in [1.54, 1.807) is 24.5 Å². The Balaban J connectivity index is 1.75. The molecule has 1 spiro atoms. The van der Waals surface area contributed by atoms with Crippen LogP contribution in [0.1, 0.15) is 32.5 Å². The molecule has 2 aromatic rings. The fourth-order valence-corrected chi connectivity index (χ4v) is 3.88. The molecule has 0 radical (unpaired) electrons. The summed E-state index contributed by atoms with van der Waals surface area (Å²) in [7, 11) is 0. The SMILES string of the molecule is CC(C)N1CC[C@@]2(CCn3c2nnc(-c2ccncc2)c3=O)C1. The van der Waals surface area contributed by atoms with Crippen molar-refractivity contribution in [2.45, 2.75) is 44.7 Å². The van der Waals surface area contributed by atoms with E-state index in [4.69, 9.17) is 0 Å². The molecule has 23 heavy (non-hydrogen) atoms. The van der Waals surface area contributed by atoms with Crippen LogP contribution in [-0.2, 0) is 12.0 Å². The molecule has 0 aliphatic carbocycles. The molecule has 120 valence electrons. The minimum absolute atomic E-state index is 0.00715. The molecule has 2 aliphatic rings. The van der Waals surface area contributed by atoms with E-state index in [1.807, 2.05) is 4.57 Å². The van der Waals surface area contributed by atoms with Crippen molar-refractivity contribution in [3.8, 4) is 11.3 Å². The topological polar surface area (TPSA) is 63.9 Å². The van der Waals surface area contributed by atoms with Gasteiger partial charge in [0.15, 0.2) is 5.69 Å². The Morgan fingerprint density at radius 3 is 2.57 bits per heavy atom. The zero-order valence-corrected chi connectivity index (χ0v) is 13.6. The van der Waals surface area contributed by atoms with Gasteiger partial charge in [-0.25, -0.2) is 0 Å². The van der Waals surface area contributed by atoms with Crippen LogP contribution >= 0.6 is 0 Å². The summed E-state index contributed by atoms with van der Waals surface area (Å²) in [5.74, 6) is 0.878. The average Bonchev–Trinajstić information content (AvgIpc) is 3.15. The molecule has 4 heterocycles. The van der Waals surface area contributed by atoms with E-state index in [0.717, 1.165) is 43.9 Å². The van der Waals surface area contributed by atoms with Crippen molar-refractivity contribution < 1.29 is 0 Å². The van der Waals surface area contributed by atoms with Gasteiger partial charge in [-0.3, -0.25) is 19.2 Å². The van der Waals surface area contributed by atoms with Gasteiger partial charge in [-0.15, -0.1) is 10.2 Å². The van der Waals surface area contributed by atoms with Crippen molar-refractivity contribution in [3.05, 3.63) is 40.7 Å². The third-order valence-electron chi connectivity index (χ3n) is 5.30. The summed E-state index contributed by atoms with van der Waals surface area (Å²) in [6.07, 6.45) is 5.40. The van der Waals surface area contributed by atoms with Gasteiger partial charge in [0.1, 0.15) is 5.82 Å². The summed E-state index contributed by atoms with van der Waals surface area (Å²) in [5, 5.41) is 8.77. The molecule has 1 atom stereocenters. The number of nitrogens with zero attached hydrogens (tertiary/aromatic N) is 5. The van der Waals surface area contributed by atoms with Crippen molar-refractivity contribution in [1.82, 2.24) is 24.6 Å². The molecular weight excluding hydrogens is 290 g/mol. The second-order valence-corrected chi connectivity index (χ2v) is 6.91. The lowest BCUT2D eigenvalue weighted by atomic mass is 9.85. The van der Waals surface area contributed by atoms with Crippen molar-refractivity contribution in [2.24, 2.45) is 0 Å². The van der Waals surface area contributed by atoms with Crippen LogP contribution in [0.25, 0.3) is 11.3 Å². The summed E-state index contributed by atoms with van der Waals surface area (Å²) in [5.41, 5.74) is 1.18. The Morgan fingerprint density at radius 2 is 1.87 bits per heavy atom. The zero-order valence-electron chi connectivity index (χ0n) is 13.6. The number of hydrogen-bond donors (Lipinski definition) is 0. The van der Waals surface area contributed by atoms with Crippen LogP contribution < -0.4 is 5.56 Å². The number of pyridine rings is 1. The van der Waals surface area contributed by atoms with E-state index >= 15 is 0 Å². The van der Waals surface area contributed by atoms with Gasteiger partial charge in [0.25, 0.3) is 5.56 Å². The maximum Gasteiger partial charge on any atom is 0.280 e. The van der Waals surface area contributed by atoms with Gasteiger partial charge in [-0.1, -0.05) is 0 Å². The minimum atomic E-state index is -0.0268. The monoisotopic (exact) mass is 311 g/mol. The van der Waals surface area contributed by atoms with Crippen molar-refractivity contribution in [2.75, 3.05) is 13.1 Å². The summed E-state index contributed by atoms with van der Waals surface area (Å²) >= 11 is 0. The molecule has 1 saturated heterocycles. The maximum absolute atomic E-state index is 12.8. The molecule has 6 nitrogen and oxygen atoms in total. The van der Waals surface area contributed by atoms with E-state index in [1.165, 1.54) is 0 Å². The average molecular weight is 311 g/mol. The van der Waals surface area contributed by atoms with Crippen molar-refractivity contribution in [1.29, 1.82) is 0 Å². The van der Waals surface area contributed by atoms with Crippen molar-refractivity contribution >= 4 is 0 Å². The first kappa shape index (κ1) is 14.5. The molecule has 0 N–H and O–H groups in total. The fourth-order valence-electron chi connectivity index (χ4n) is 3.88. The molecule has 2 aliphatic heterocycles. The summed E-state index contributed by atoms with van der Waals surface area (Å²) in [4.78, 5) is 19.3. The first-order valence-electron chi connectivity index (χ1n) is 8.23. The molecule has 0 bridgehead atoms. The number of aromatic nitrogens is 4. The first-order valence-corrected chi connectivity index (χ1v) is 8.23. The Morgan fingerprint density at radius 1 is 1.13 bits per heavy atom. The molecule has 6 heteroatoms. The normalized spacial score (nSPS) is 23.8. The van der Waals surface area contributed by atoms with Crippen LogP contribution in [0, 0.1) is 0 Å². The Bertz CT molecular complexity index is 785.